The smallest absolute Gasteiger partial charge is 0.0928 e. The Bertz CT molecular complexity index is 224. The summed E-state index contributed by atoms with van der Waals surface area (Å²) in [5.41, 5.74) is 5.54. The molecule has 0 atom stereocenters. The molecule has 0 aromatic carbocycles. The SMILES string of the molecule is CN(CCO)c1ccc(N)s1. The Morgan fingerprint density at radius 1 is 1.64 bits per heavy atom. The number of aliphatic hydroxyl groups excluding tert-OH is 1. The van der Waals surface area contributed by atoms with Crippen LogP contribution in [-0.2, 0) is 0 Å². The highest BCUT2D eigenvalue weighted by molar-refractivity contribution is 7.19. The number of likely N-dealkylation sites (N-methyl/N-ethyl adjacent to an activating group) is 1. The Kier molecular flexibility index (Phi) is 2.73. The highest BCUT2D eigenvalue weighted by atomic mass is 32.1. The van der Waals surface area contributed by atoms with E-state index in [2.05, 4.69) is 0 Å². The molecule has 0 spiro atoms. The van der Waals surface area contributed by atoms with E-state index in [1.54, 1.807) is 0 Å². The average Bonchev–Trinajstić information content (AvgIpc) is 2.36. The maximum Gasteiger partial charge on any atom is 0.0928 e. The van der Waals surface area contributed by atoms with Gasteiger partial charge >= 0.3 is 0 Å². The summed E-state index contributed by atoms with van der Waals surface area (Å²) in [6.07, 6.45) is 0. The fourth-order valence-corrected chi connectivity index (χ4v) is 1.57. The molecule has 0 aliphatic heterocycles. The lowest BCUT2D eigenvalue weighted by Gasteiger charge is -2.14. The lowest BCUT2D eigenvalue weighted by atomic mass is 10.5. The lowest BCUT2D eigenvalue weighted by molar-refractivity contribution is 0.304. The van der Waals surface area contributed by atoms with Gasteiger partial charge in [0, 0.05) is 13.6 Å². The maximum atomic E-state index is 8.64. The highest BCUT2D eigenvalue weighted by Crippen LogP contribution is 2.26. The van der Waals surface area contributed by atoms with Gasteiger partial charge in [-0.1, -0.05) is 0 Å². The lowest BCUT2D eigenvalue weighted by Crippen LogP contribution is -2.19. The number of aliphatic hydroxyl groups is 1. The van der Waals surface area contributed by atoms with Crippen LogP contribution in [0.1, 0.15) is 0 Å². The summed E-state index contributed by atoms with van der Waals surface area (Å²) in [6, 6.07) is 3.82. The predicted molar refractivity (Wildman–Crippen MR) is 49.1 cm³/mol. The number of hydrogen-bond acceptors (Lipinski definition) is 4. The van der Waals surface area contributed by atoms with Crippen molar-refractivity contribution in [3.63, 3.8) is 0 Å². The molecule has 3 nitrogen and oxygen atoms in total. The van der Waals surface area contributed by atoms with Crippen LogP contribution >= 0.6 is 11.3 Å². The Labute approximate surface area is 70.1 Å². The molecule has 0 saturated carbocycles. The summed E-state index contributed by atoms with van der Waals surface area (Å²) >= 11 is 1.53. The number of nitrogen functional groups attached to an aromatic ring is 1. The van der Waals surface area contributed by atoms with E-state index in [1.165, 1.54) is 11.3 Å². The predicted octanol–water partition coefficient (Wildman–Crippen LogP) is 0.759. The van der Waals surface area contributed by atoms with E-state index < -0.39 is 0 Å². The number of nitrogens with zero attached hydrogens (tertiary/aromatic N) is 1. The molecule has 0 unspecified atom stereocenters. The molecular formula is C7H12N2OS. The number of rotatable bonds is 3. The minimum absolute atomic E-state index is 0.175. The molecule has 4 heteroatoms. The van der Waals surface area contributed by atoms with E-state index in [4.69, 9.17) is 10.8 Å². The Balaban J connectivity index is 2.60. The second kappa shape index (κ2) is 3.59. The quantitative estimate of drug-likeness (QED) is 0.707. The van der Waals surface area contributed by atoms with Gasteiger partial charge in [-0.3, -0.25) is 0 Å². The van der Waals surface area contributed by atoms with Crippen molar-refractivity contribution < 1.29 is 5.11 Å². The summed E-state index contributed by atoms with van der Waals surface area (Å²) < 4.78 is 0. The Hall–Kier alpha value is -0.740. The summed E-state index contributed by atoms with van der Waals surface area (Å²) in [4.78, 5) is 1.97. The molecule has 11 heavy (non-hydrogen) atoms. The van der Waals surface area contributed by atoms with Crippen molar-refractivity contribution in [2.24, 2.45) is 0 Å². The van der Waals surface area contributed by atoms with Gasteiger partial charge in [-0.15, -0.1) is 11.3 Å². The Morgan fingerprint density at radius 2 is 2.36 bits per heavy atom. The molecule has 1 aromatic heterocycles. The van der Waals surface area contributed by atoms with Gasteiger partial charge in [0.1, 0.15) is 0 Å². The van der Waals surface area contributed by atoms with Crippen molar-refractivity contribution in [3.8, 4) is 0 Å². The van der Waals surface area contributed by atoms with Crippen LogP contribution in [0.5, 0.6) is 0 Å². The molecule has 1 rings (SSSR count). The van der Waals surface area contributed by atoms with Gasteiger partial charge in [-0.25, -0.2) is 0 Å². The first-order valence-corrected chi connectivity index (χ1v) is 4.23. The first kappa shape index (κ1) is 8.36. The monoisotopic (exact) mass is 172 g/mol. The molecular weight excluding hydrogens is 160 g/mol. The van der Waals surface area contributed by atoms with E-state index in [9.17, 15) is 0 Å². The van der Waals surface area contributed by atoms with E-state index in [1.807, 2.05) is 24.1 Å². The van der Waals surface area contributed by atoms with Crippen molar-refractivity contribution in [3.05, 3.63) is 12.1 Å². The van der Waals surface area contributed by atoms with E-state index in [0.29, 0.717) is 6.54 Å². The molecule has 62 valence electrons. The molecule has 0 saturated heterocycles. The molecule has 1 heterocycles. The van der Waals surface area contributed by atoms with E-state index >= 15 is 0 Å². The zero-order valence-corrected chi connectivity index (χ0v) is 7.27. The van der Waals surface area contributed by atoms with Crippen LogP contribution in [0.3, 0.4) is 0 Å². The Morgan fingerprint density at radius 3 is 2.82 bits per heavy atom. The van der Waals surface area contributed by atoms with Crippen LogP contribution < -0.4 is 10.6 Å². The third-order valence-corrected chi connectivity index (χ3v) is 2.45. The van der Waals surface area contributed by atoms with Crippen molar-refractivity contribution in [2.45, 2.75) is 0 Å². The minimum atomic E-state index is 0.175. The number of hydrogen-bond donors (Lipinski definition) is 2. The van der Waals surface area contributed by atoms with Crippen LogP contribution in [0.15, 0.2) is 12.1 Å². The number of thiophene rings is 1. The van der Waals surface area contributed by atoms with Crippen LogP contribution in [0.25, 0.3) is 0 Å². The van der Waals surface area contributed by atoms with Gasteiger partial charge in [0.15, 0.2) is 0 Å². The summed E-state index contributed by atoms with van der Waals surface area (Å²) in [5.74, 6) is 0. The zero-order valence-electron chi connectivity index (χ0n) is 6.45. The molecule has 0 bridgehead atoms. The molecule has 3 N–H and O–H groups in total. The second-order valence-electron chi connectivity index (χ2n) is 2.32. The fourth-order valence-electron chi connectivity index (χ4n) is 0.808. The first-order chi connectivity index (χ1) is 5.24. The molecule has 0 aliphatic rings. The highest BCUT2D eigenvalue weighted by Gasteiger charge is 2.01. The van der Waals surface area contributed by atoms with Crippen molar-refractivity contribution >= 4 is 21.3 Å². The van der Waals surface area contributed by atoms with Gasteiger partial charge < -0.3 is 15.7 Å². The molecule has 0 aliphatic carbocycles. The van der Waals surface area contributed by atoms with Gasteiger partial charge in [-0.05, 0) is 12.1 Å². The zero-order chi connectivity index (χ0) is 8.27. The van der Waals surface area contributed by atoms with Crippen molar-refractivity contribution in [1.82, 2.24) is 0 Å². The van der Waals surface area contributed by atoms with Gasteiger partial charge in [0.05, 0.1) is 16.6 Å². The van der Waals surface area contributed by atoms with E-state index in [-0.39, 0.29) is 6.61 Å². The molecule has 0 fully saturated rings. The van der Waals surface area contributed by atoms with E-state index in [0.717, 1.165) is 10.0 Å². The molecule has 0 amide bonds. The summed E-state index contributed by atoms with van der Waals surface area (Å²) in [7, 11) is 1.93. The largest absolute Gasteiger partial charge is 0.395 e. The minimum Gasteiger partial charge on any atom is -0.395 e. The van der Waals surface area contributed by atoms with Crippen LogP contribution in [0.2, 0.25) is 0 Å². The van der Waals surface area contributed by atoms with Gasteiger partial charge in [0.25, 0.3) is 0 Å². The first-order valence-electron chi connectivity index (χ1n) is 3.41. The number of nitrogens with two attached hydrogens (primary N) is 1. The fraction of sp³-hybridized carbons (Fsp3) is 0.429. The summed E-state index contributed by atoms with van der Waals surface area (Å²) in [5, 5.41) is 10.5. The third-order valence-electron chi connectivity index (χ3n) is 1.42. The molecule has 0 radical (unpaired) electrons. The maximum absolute atomic E-state index is 8.64. The van der Waals surface area contributed by atoms with Gasteiger partial charge in [0.2, 0.25) is 0 Å². The van der Waals surface area contributed by atoms with Gasteiger partial charge in [-0.2, -0.15) is 0 Å². The standard InChI is InChI=1S/C7H12N2OS/c1-9(4-5-10)7-3-2-6(8)11-7/h2-3,10H,4-5,8H2,1H3. The second-order valence-corrected chi connectivity index (χ2v) is 3.41. The number of anilines is 2. The summed E-state index contributed by atoms with van der Waals surface area (Å²) in [6.45, 7) is 0.828. The van der Waals surface area contributed by atoms with Crippen LogP contribution in [-0.4, -0.2) is 25.3 Å². The normalized spacial score (nSPS) is 10.0. The van der Waals surface area contributed by atoms with Crippen LogP contribution in [0, 0.1) is 0 Å². The average molecular weight is 172 g/mol. The molecule has 1 aromatic rings. The third kappa shape index (κ3) is 2.10. The van der Waals surface area contributed by atoms with Crippen molar-refractivity contribution in [1.29, 1.82) is 0 Å². The topological polar surface area (TPSA) is 49.5 Å². The van der Waals surface area contributed by atoms with Crippen molar-refractivity contribution in [2.75, 3.05) is 30.8 Å². The van der Waals surface area contributed by atoms with Crippen LogP contribution in [0.4, 0.5) is 10.0 Å².